The molecule has 0 aliphatic carbocycles. The lowest BCUT2D eigenvalue weighted by molar-refractivity contribution is -0.154. The van der Waals surface area contributed by atoms with E-state index in [1.54, 1.807) is 31.2 Å². The molecule has 2 aromatic carbocycles. The minimum atomic E-state index is -4.61. The average Bonchev–Trinajstić information content (AvgIpc) is 3.28. The molecule has 1 N–H and O–H groups in total. The van der Waals surface area contributed by atoms with E-state index in [1.165, 1.54) is 28.9 Å². The minimum Gasteiger partial charge on any atom is -0.465 e. The highest BCUT2D eigenvalue weighted by Gasteiger charge is 2.44. The van der Waals surface area contributed by atoms with Gasteiger partial charge in [0, 0.05) is 24.5 Å². The first-order valence-corrected chi connectivity index (χ1v) is 11.6. The zero-order valence-electron chi connectivity index (χ0n) is 20.2. The lowest BCUT2D eigenvalue weighted by atomic mass is 9.99. The van der Waals surface area contributed by atoms with Gasteiger partial charge in [-0.3, -0.25) is 24.3 Å². The van der Waals surface area contributed by atoms with Crippen molar-refractivity contribution >= 4 is 35.3 Å². The molecule has 0 aromatic heterocycles. The van der Waals surface area contributed by atoms with E-state index >= 15 is 0 Å². The van der Waals surface area contributed by atoms with E-state index in [-0.39, 0.29) is 30.3 Å². The maximum absolute atomic E-state index is 13.4. The zero-order chi connectivity index (χ0) is 26.9. The van der Waals surface area contributed by atoms with Crippen LogP contribution in [0.2, 0.25) is 0 Å². The highest BCUT2D eigenvalue weighted by atomic mass is 19.4. The molecule has 0 saturated carbocycles. The molecule has 0 bridgehead atoms. The maximum atomic E-state index is 13.4. The molecule has 12 heteroatoms. The number of halogens is 3. The molecule has 9 nitrogen and oxygen atoms in total. The number of esters is 1. The predicted molar refractivity (Wildman–Crippen MR) is 127 cm³/mol. The van der Waals surface area contributed by atoms with Crippen LogP contribution in [0.4, 0.5) is 34.1 Å². The Morgan fingerprint density at radius 2 is 1.70 bits per heavy atom. The lowest BCUT2D eigenvalue weighted by Gasteiger charge is -2.38. The number of nitrogens with zero attached hydrogens (tertiary/aromatic N) is 3. The van der Waals surface area contributed by atoms with Crippen LogP contribution in [-0.4, -0.2) is 55.1 Å². The molecular weight excluding hydrogens is 493 g/mol. The standard InChI is InChI=1S/C25H25F3N4O5/c1-3-37-22(34)19-14-31(18-9-7-17(8-10-18)30-12-11-29-23(30)35)24(36)32(21(19)33)13-16-5-4-6-20(15(16)2)25(26,27)28/h4-10,19H,3,11-14H2,1-2H3,(H,29,35). The number of anilines is 2. The molecule has 1 unspecified atom stereocenters. The van der Waals surface area contributed by atoms with Gasteiger partial charge in [-0.2, -0.15) is 13.2 Å². The van der Waals surface area contributed by atoms with Crippen molar-refractivity contribution in [3.8, 4) is 0 Å². The summed E-state index contributed by atoms with van der Waals surface area (Å²) in [6.45, 7) is 3.08. The molecule has 4 rings (SSSR count). The highest BCUT2D eigenvalue weighted by Crippen LogP contribution is 2.34. The van der Waals surface area contributed by atoms with Gasteiger partial charge in [0.05, 0.1) is 25.3 Å². The van der Waals surface area contributed by atoms with Gasteiger partial charge in [-0.05, 0) is 55.3 Å². The number of nitrogens with one attached hydrogen (secondary N) is 1. The second-order valence-electron chi connectivity index (χ2n) is 8.61. The van der Waals surface area contributed by atoms with Gasteiger partial charge in [-0.25, -0.2) is 9.59 Å². The zero-order valence-corrected chi connectivity index (χ0v) is 20.2. The van der Waals surface area contributed by atoms with Gasteiger partial charge >= 0.3 is 24.2 Å². The summed E-state index contributed by atoms with van der Waals surface area (Å²) in [7, 11) is 0. The Morgan fingerprint density at radius 3 is 2.27 bits per heavy atom. The fourth-order valence-corrected chi connectivity index (χ4v) is 4.41. The number of alkyl halides is 3. The Labute approximate surface area is 210 Å². The topological polar surface area (TPSA) is 99.3 Å². The van der Waals surface area contributed by atoms with Crippen LogP contribution in [0.1, 0.15) is 23.6 Å². The first-order valence-electron chi connectivity index (χ1n) is 11.6. The van der Waals surface area contributed by atoms with E-state index in [2.05, 4.69) is 5.32 Å². The third kappa shape index (κ3) is 5.09. The molecule has 2 heterocycles. The number of imide groups is 1. The van der Waals surface area contributed by atoms with Crippen LogP contribution >= 0.6 is 0 Å². The molecule has 2 aliphatic heterocycles. The van der Waals surface area contributed by atoms with E-state index < -0.39 is 42.1 Å². The van der Waals surface area contributed by atoms with E-state index in [1.807, 2.05) is 0 Å². The smallest absolute Gasteiger partial charge is 0.416 e. The van der Waals surface area contributed by atoms with E-state index in [9.17, 15) is 32.3 Å². The number of rotatable bonds is 6. The van der Waals surface area contributed by atoms with E-state index in [0.29, 0.717) is 24.5 Å². The van der Waals surface area contributed by atoms with Crippen LogP contribution in [0.25, 0.3) is 0 Å². The summed E-state index contributed by atoms with van der Waals surface area (Å²) in [5, 5.41) is 2.69. The Balaban J connectivity index is 1.67. The number of benzene rings is 2. The molecule has 2 fully saturated rings. The van der Waals surface area contributed by atoms with Crippen LogP contribution in [0.5, 0.6) is 0 Å². The van der Waals surface area contributed by atoms with Crippen LogP contribution in [0.15, 0.2) is 42.5 Å². The Morgan fingerprint density at radius 1 is 1.05 bits per heavy atom. The SMILES string of the molecule is CCOC(=O)C1CN(c2ccc(N3CCNC3=O)cc2)C(=O)N(Cc2cccc(C(F)(F)F)c2C)C1=O. The molecule has 37 heavy (non-hydrogen) atoms. The Kier molecular flexibility index (Phi) is 7.10. The third-order valence-electron chi connectivity index (χ3n) is 6.37. The van der Waals surface area contributed by atoms with Gasteiger partial charge in [0.15, 0.2) is 5.92 Å². The fraction of sp³-hybridized carbons (Fsp3) is 0.360. The van der Waals surface area contributed by atoms with Crippen molar-refractivity contribution in [3.05, 3.63) is 59.2 Å². The van der Waals surface area contributed by atoms with E-state index in [4.69, 9.17) is 4.74 Å². The maximum Gasteiger partial charge on any atom is 0.416 e. The number of urea groups is 2. The molecule has 2 aromatic rings. The number of carbonyl (C=O) groups excluding carboxylic acids is 4. The van der Waals surface area contributed by atoms with Crippen LogP contribution in [0, 0.1) is 12.8 Å². The van der Waals surface area contributed by atoms with Crippen molar-refractivity contribution in [2.75, 3.05) is 36.0 Å². The highest BCUT2D eigenvalue weighted by molar-refractivity contribution is 6.12. The van der Waals surface area contributed by atoms with Gasteiger partial charge in [-0.1, -0.05) is 12.1 Å². The summed E-state index contributed by atoms with van der Waals surface area (Å²) >= 11 is 0. The fourth-order valence-electron chi connectivity index (χ4n) is 4.41. The van der Waals surface area contributed by atoms with Crippen molar-refractivity contribution in [1.29, 1.82) is 0 Å². The van der Waals surface area contributed by atoms with E-state index in [0.717, 1.165) is 11.0 Å². The third-order valence-corrected chi connectivity index (χ3v) is 6.37. The Hall–Kier alpha value is -4.09. The molecule has 0 spiro atoms. The number of ether oxygens (including phenoxy) is 1. The largest absolute Gasteiger partial charge is 0.465 e. The quantitative estimate of drug-likeness (QED) is 0.465. The van der Waals surface area contributed by atoms with Crippen molar-refractivity contribution in [1.82, 2.24) is 10.2 Å². The predicted octanol–water partition coefficient (Wildman–Crippen LogP) is 3.69. The molecule has 196 valence electrons. The number of hydrogen-bond donors (Lipinski definition) is 1. The normalized spacial score (nSPS) is 18.4. The summed E-state index contributed by atoms with van der Waals surface area (Å²) in [5.74, 6) is -3.03. The minimum absolute atomic E-state index is 0.00981. The summed E-state index contributed by atoms with van der Waals surface area (Å²) in [4.78, 5) is 54.7. The molecule has 5 amide bonds. The van der Waals surface area contributed by atoms with Crippen molar-refractivity contribution in [2.45, 2.75) is 26.6 Å². The molecule has 2 saturated heterocycles. The molecule has 0 radical (unpaired) electrons. The van der Waals surface area contributed by atoms with Crippen molar-refractivity contribution in [3.63, 3.8) is 0 Å². The van der Waals surface area contributed by atoms with Gasteiger partial charge in [-0.15, -0.1) is 0 Å². The lowest BCUT2D eigenvalue weighted by Crippen LogP contribution is -2.58. The van der Waals surface area contributed by atoms with Crippen LogP contribution in [0.3, 0.4) is 0 Å². The van der Waals surface area contributed by atoms with Crippen LogP contribution in [-0.2, 0) is 27.0 Å². The summed E-state index contributed by atoms with van der Waals surface area (Å²) in [6, 6.07) is 8.90. The number of amides is 5. The number of carbonyl (C=O) groups is 4. The molecular formula is C25H25F3N4O5. The molecule has 1 atom stereocenters. The number of hydrogen-bond acceptors (Lipinski definition) is 5. The monoisotopic (exact) mass is 518 g/mol. The summed E-state index contributed by atoms with van der Waals surface area (Å²) in [6.07, 6.45) is -4.61. The van der Waals surface area contributed by atoms with Gasteiger partial charge in [0.25, 0.3) is 0 Å². The van der Waals surface area contributed by atoms with Crippen molar-refractivity contribution in [2.24, 2.45) is 5.92 Å². The average molecular weight is 518 g/mol. The second-order valence-corrected chi connectivity index (χ2v) is 8.61. The first-order chi connectivity index (χ1) is 17.5. The second kappa shape index (κ2) is 10.1. The van der Waals surface area contributed by atoms with Gasteiger partial charge in [0.1, 0.15) is 0 Å². The van der Waals surface area contributed by atoms with Gasteiger partial charge < -0.3 is 10.1 Å². The van der Waals surface area contributed by atoms with Gasteiger partial charge in [0.2, 0.25) is 5.91 Å². The van der Waals surface area contributed by atoms with Crippen molar-refractivity contribution < 1.29 is 37.1 Å². The summed E-state index contributed by atoms with van der Waals surface area (Å²) in [5.41, 5.74) is 0.0749. The summed E-state index contributed by atoms with van der Waals surface area (Å²) < 4.78 is 45.3. The van der Waals surface area contributed by atoms with Crippen LogP contribution < -0.4 is 15.1 Å². The molecule has 2 aliphatic rings. The Bertz CT molecular complexity index is 1230. The first kappa shape index (κ1) is 26.0.